The average molecular weight is 341 g/mol. The van der Waals surface area contributed by atoms with Crippen LogP contribution in [-0.2, 0) is 0 Å². The van der Waals surface area contributed by atoms with Gasteiger partial charge in [-0.2, -0.15) is 0 Å². The Balaban J connectivity index is -0.000000262. The monoisotopic (exact) mass is 340 g/mol. The van der Waals surface area contributed by atoms with E-state index in [0.29, 0.717) is 6.42 Å². The third kappa shape index (κ3) is 39.0. The second-order valence-electron chi connectivity index (χ2n) is 6.35. The minimum absolute atomic E-state index is 0.0972. The summed E-state index contributed by atoms with van der Waals surface area (Å²) in [7, 11) is 0. The zero-order chi connectivity index (χ0) is 18.7. The van der Waals surface area contributed by atoms with Crippen molar-refractivity contribution in [2.24, 2.45) is 0 Å². The third-order valence-electron chi connectivity index (χ3n) is 2.71. The molecule has 0 rings (SSSR count). The maximum absolute atomic E-state index is 9.03. The quantitative estimate of drug-likeness (QED) is 0.332. The van der Waals surface area contributed by atoms with Gasteiger partial charge >= 0.3 is 0 Å². The summed E-state index contributed by atoms with van der Waals surface area (Å²) >= 11 is 0. The molecule has 0 aliphatic heterocycles. The van der Waals surface area contributed by atoms with Crippen molar-refractivity contribution in [3.63, 3.8) is 0 Å². The molecular weight excluding hydrogens is 300 g/mol. The highest BCUT2D eigenvalue weighted by Crippen LogP contribution is 2.09. The highest BCUT2D eigenvalue weighted by atomic mass is 16.3. The van der Waals surface area contributed by atoms with Crippen molar-refractivity contribution in [1.29, 1.82) is 0 Å². The molecule has 23 heavy (non-hydrogen) atoms. The van der Waals surface area contributed by atoms with E-state index in [1.807, 2.05) is 0 Å². The van der Waals surface area contributed by atoms with Crippen LogP contribution in [0.3, 0.4) is 0 Å². The summed E-state index contributed by atoms with van der Waals surface area (Å²) < 4.78 is 0. The fourth-order valence-electron chi connectivity index (χ4n) is 1.65. The molecule has 0 aliphatic carbocycles. The van der Waals surface area contributed by atoms with E-state index in [0.717, 1.165) is 38.5 Å². The Hall–Kier alpha value is -0.240. The molecule has 0 heterocycles. The number of aliphatic hydroxyl groups excluding tert-OH is 5. The van der Waals surface area contributed by atoms with E-state index in [2.05, 4.69) is 6.92 Å². The summed E-state index contributed by atoms with van der Waals surface area (Å²) in [5.74, 6) is 0. The van der Waals surface area contributed by atoms with Crippen molar-refractivity contribution in [3.05, 3.63) is 0 Å². The van der Waals surface area contributed by atoms with Gasteiger partial charge in [0.05, 0.1) is 24.4 Å². The van der Waals surface area contributed by atoms with Gasteiger partial charge in [-0.25, -0.2) is 0 Å². The van der Waals surface area contributed by atoms with E-state index in [4.69, 9.17) is 30.6 Å². The van der Waals surface area contributed by atoms with Gasteiger partial charge in [0.25, 0.3) is 0 Å². The van der Waals surface area contributed by atoms with E-state index in [1.54, 1.807) is 20.8 Å². The standard InChI is InChI=1S/2C6H14O2.C5H12O2/c1-5(7)4-6(2,3)8;1-2-3-4-6(8)5-7;6-4-2-1-3-5-7/h5,7-8H,4H2,1-3H3;6-8H,2-5H2,1H3;6-7H,1-5H2. The van der Waals surface area contributed by atoms with Gasteiger partial charge < -0.3 is 30.6 Å². The largest absolute Gasteiger partial charge is 0.396 e. The molecule has 6 N–H and O–H groups in total. The van der Waals surface area contributed by atoms with Crippen LogP contribution in [0.25, 0.3) is 0 Å². The van der Waals surface area contributed by atoms with Crippen molar-refractivity contribution in [2.45, 2.75) is 90.4 Å². The fraction of sp³-hybridized carbons (Fsp3) is 1.00. The first-order chi connectivity index (χ1) is 10.6. The predicted molar refractivity (Wildman–Crippen MR) is 93.2 cm³/mol. The second kappa shape index (κ2) is 19.8. The molecule has 0 fully saturated rings. The highest BCUT2D eigenvalue weighted by molar-refractivity contribution is 4.67. The molecular formula is C17H40O6. The molecule has 6 heteroatoms. The van der Waals surface area contributed by atoms with E-state index in [1.165, 1.54) is 0 Å². The first-order valence-corrected chi connectivity index (χ1v) is 8.55. The molecule has 0 aromatic rings. The van der Waals surface area contributed by atoms with E-state index >= 15 is 0 Å². The number of hydrogen-bond donors (Lipinski definition) is 6. The Bertz CT molecular complexity index is 200. The Kier molecular flexibility index (Phi) is 23.8. The second-order valence-corrected chi connectivity index (χ2v) is 6.35. The summed E-state index contributed by atoms with van der Waals surface area (Å²) in [4.78, 5) is 0. The molecule has 0 radical (unpaired) electrons. The van der Waals surface area contributed by atoms with Crippen LogP contribution in [0.5, 0.6) is 0 Å². The van der Waals surface area contributed by atoms with Gasteiger partial charge in [-0.3, -0.25) is 0 Å². The maximum Gasteiger partial charge on any atom is 0.0770 e. The fourth-order valence-corrected chi connectivity index (χ4v) is 1.65. The number of hydrogen-bond acceptors (Lipinski definition) is 6. The molecule has 144 valence electrons. The predicted octanol–water partition coefficient (Wildman–Crippen LogP) is 1.20. The Morgan fingerprint density at radius 2 is 1.35 bits per heavy atom. The summed E-state index contributed by atoms with van der Waals surface area (Å²) in [6.45, 7) is 7.49. The molecule has 0 saturated carbocycles. The molecule has 0 saturated heterocycles. The van der Waals surface area contributed by atoms with Crippen LogP contribution in [0.2, 0.25) is 0 Å². The van der Waals surface area contributed by atoms with Crippen LogP contribution in [-0.4, -0.2) is 68.3 Å². The van der Waals surface area contributed by atoms with Gasteiger partial charge in [-0.15, -0.1) is 0 Å². The third-order valence-corrected chi connectivity index (χ3v) is 2.71. The van der Waals surface area contributed by atoms with Crippen molar-refractivity contribution in [1.82, 2.24) is 0 Å². The lowest BCUT2D eigenvalue weighted by Crippen LogP contribution is -2.24. The molecule has 0 aromatic carbocycles. The lowest BCUT2D eigenvalue weighted by Gasteiger charge is -2.17. The summed E-state index contributed by atoms with van der Waals surface area (Å²) in [5.41, 5.74) is -0.728. The summed E-state index contributed by atoms with van der Waals surface area (Å²) in [6.07, 6.45) is 4.93. The molecule has 0 amide bonds. The lowest BCUT2D eigenvalue weighted by atomic mass is 10.0. The van der Waals surface area contributed by atoms with Gasteiger partial charge in [0.1, 0.15) is 0 Å². The molecule has 0 aliphatic rings. The maximum atomic E-state index is 9.03. The van der Waals surface area contributed by atoms with Crippen LogP contribution >= 0.6 is 0 Å². The molecule has 0 bridgehead atoms. The zero-order valence-corrected chi connectivity index (χ0v) is 15.4. The zero-order valence-electron chi connectivity index (χ0n) is 15.4. The molecule has 0 aromatic heterocycles. The first-order valence-electron chi connectivity index (χ1n) is 8.55. The van der Waals surface area contributed by atoms with Crippen molar-refractivity contribution < 1.29 is 30.6 Å². The van der Waals surface area contributed by atoms with Crippen molar-refractivity contribution in [3.8, 4) is 0 Å². The summed E-state index contributed by atoms with van der Waals surface area (Å²) in [6, 6.07) is 0. The normalized spacial score (nSPS) is 13.3. The van der Waals surface area contributed by atoms with Crippen molar-refractivity contribution >= 4 is 0 Å². The Morgan fingerprint density at radius 1 is 0.870 bits per heavy atom. The van der Waals surface area contributed by atoms with Gasteiger partial charge in [0, 0.05) is 19.6 Å². The van der Waals surface area contributed by atoms with Gasteiger partial charge in [0.15, 0.2) is 0 Å². The Morgan fingerprint density at radius 3 is 1.57 bits per heavy atom. The number of rotatable bonds is 10. The molecule has 2 unspecified atom stereocenters. The average Bonchev–Trinajstić information content (AvgIpc) is 2.44. The summed E-state index contributed by atoms with van der Waals surface area (Å²) in [5, 5.41) is 51.2. The van der Waals surface area contributed by atoms with E-state index < -0.39 is 17.8 Å². The van der Waals surface area contributed by atoms with Gasteiger partial charge in [0.2, 0.25) is 0 Å². The molecule has 2 atom stereocenters. The smallest absolute Gasteiger partial charge is 0.0770 e. The SMILES string of the molecule is CC(O)CC(C)(C)O.CCCCC(O)CO.OCCCCCO. The minimum Gasteiger partial charge on any atom is -0.396 e. The van der Waals surface area contributed by atoms with E-state index in [-0.39, 0.29) is 19.8 Å². The lowest BCUT2D eigenvalue weighted by molar-refractivity contribution is 0.0249. The van der Waals surface area contributed by atoms with Crippen molar-refractivity contribution in [2.75, 3.05) is 19.8 Å². The van der Waals surface area contributed by atoms with Crippen LogP contribution < -0.4 is 0 Å². The molecule has 0 spiro atoms. The molecule has 6 nitrogen and oxygen atoms in total. The van der Waals surface area contributed by atoms with Crippen LogP contribution in [0.15, 0.2) is 0 Å². The van der Waals surface area contributed by atoms with Crippen LogP contribution in [0.4, 0.5) is 0 Å². The van der Waals surface area contributed by atoms with Gasteiger partial charge in [-0.1, -0.05) is 19.8 Å². The topological polar surface area (TPSA) is 121 Å². The minimum atomic E-state index is -0.728. The van der Waals surface area contributed by atoms with Crippen LogP contribution in [0, 0.1) is 0 Å². The van der Waals surface area contributed by atoms with Crippen LogP contribution in [0.1, 0.15) is 72.6 Å². The highest BCUT2D eigenvalue weighted by Gasteiger charge is 2.14. The number of aliphatic hydroxyl groups is 6. The van der Waals surface area contributed by atoms with E-state index in [9.17, 15) is 0 Å². The Labute approximate surface area is 141 Å². The first kappa shape index (κ1) is 27.6. The van der Waals surface area contributed by atoms with Gasteiger partial charge in [-0.05, 0) is 46.5 Å². The number of unbranched alkanes of at least 4 members (excludes halogenated alkanes) is 3.